The third-order valence-corrected chi connectivity index (χ3v) is 5.96. The molecule has 0 aliphatic heterocycles. The summed E-state index contributed by atoms with van der Waals surface area (Å²) in [6.45, 7) is 4.40. The molecule has 0 saturated carbocycles. The minimum Gasteiger partial charge on any atom is -0.481 e. The van der Waals surface area contributed by atoms with Gasteiger partial charge in [0.1, 0.15) is 13.2 Å². The van der Waals surface area contributed by atoms with Gasteiger partial charge in [-0.1, -0.05) is 64.2 Å². The zero-order chi connectivity index (χ0) is 29.5. The molecule has 0 saturated heterocycles. The highest BCUT2D eigenvalue weighted by molar-refractivity contribution is 5.77. The van der Waals surface area contributed by atoms with Crippen molar-refractivity contribution < 1.29 is 43.2 Å². The molecule has 0 fully saturated rings. The van der Waals surface area contributed by atoms with Crippen molar-refractivity contribution in [3.63, 3.8) is 0 Å². The molecular weight excluding hydrogens is 520 g/mol. The lowest BCUT2D eigenvalue weighted by molar-refractivity contribution is -0.137. The van der Waals surface area contributed by atoms with Gasteiger partial charge >= 0.3 is 5.97 Å². The fourth-order valence-electron chi connectivity index (χ4n) is 3.81. The van der Waals surface area contributed by atoms with Crippen LogP contribution in [-0.4, -0.2) is 94.6 Å². The molecule has 0 heterocycles. The van der Waals surface area contributed by atoms with Crippen LogP contribution >= 0.6 is 0 Å². The van der Waals surface area contributed by atoms with E-state index >= 15 is 0 Å². The molecule has 0 aliphatic rings. The van der Waals surface area contributed by atoms with Gasteiger partial charge in [-0.25, -0.2) is 0 Å². The molecule has 234 valence electrons. The summed E-state index contributed by atoms with van der Waals surface area (Å²) in [5.74, 6) is -0.914. The van der Waals surface area contributed by atoms with Crippen molar-refractivity contribution >= 4 is 23.6 Å². The monoisotopic (exact) mass is 574 g/mol. The van der Waals surface area contributed by atoms with E-state index in [0.29, 0.717) is 65.6 Å². The third-order valence-electron chi connectivity index (χ3n) is 5.96. The first-order valence-corrected chi connectivity index (χ1v) is 15.0. The average molecular weight is 575 g/mol. The van der Waals surface area contributed by atoms with Crippen LogP contribution in [0, 0.1) is 0 Å². The molecule has 0 bridgehead atoms. The second-order valence-electron chi connectivity index (χ2n) is 9.87. The minimum atomic E-state index is -0.697. The molecule has 40 heavy (non-hydrogen) atoms. The van der Waals surface area contributed by atoms with Crippen LogP contribution in [0.1, 0.15) is 96.8 Å². The summed E-state index contributed by atoms with van der Waals surface area (Å²) in [5, 5.41) is 14.1. The van der Waals surface area contributed by atoms with Gasteiger partial charge in [-0.05, 0) is 19.8 Å². The van der Waals surface area contributed by atoms with E-state index in [1.54, 1.807) is 0 Å². The Balaban J connectivity index is 3.27. The summed E-state index contributed by atoms with van der Waals surface area (Å²) in [4.78, 5) is 44.7. The summed E-state index contributed by atoms with van der Waals surface area (Å²) in [6, 6.07) is 0. The number of nitrogens with one attached hydrogen (secondary N) is 2. The number of hydrogen-bond acceptors (Lipinski definition) is 8. The number of ether oxygens (including phenoxy) is 4. The molecule has 11 nitrogen and oxygen atoms in total. The van der Waals surface area contributed by atoms with Gasteiger partial charge < -0.3 is 34.7 Å². The van der Waals surface area contributed by atoms with Crippen molar-refractivity contribution in [2.24, 2.45) is 0 Å². The number of unbranched alkanes of at least 4 members (excludes halogenated alkanes) is 11. The van der Waals surface area contributed by atoms with Gasteiger partial charge in [0.05, 0.1) is 39.6 Å². The Bertz CT molecular complexity index is 647. The largest absolute Gasteiger partial charge is 0.481 e. The van der Waals surface area contributed by atoms with Crippen LogP contribution in [0.3, 0.4) is 0 Å². The van der Waals surface area contributed by atoms with E-state index in [0.717, 1.165) is 38.5 Å². The maximum Gasteiger partial charge on any atom is 0.303 e. The van der Waals surface area contributed by atoms with E-state index in [-0.39, 0.29) is 30.8 Å². The fraction of sp³-hybridized carbons (Fsp3) is 0.862. The number of carboxylic acid groups (broad SMARTS) is 1. The maximum absolute atomic E-state index is 11.9. The highest BCUT2D eigenvalue weighted by Crippen LogP contribution is 2.13. The Hall–Kier alpha value is -2.08. The molecular formula is C29H54N2O9. The van der Waals surface area contributed by atoms with E-state index < -0.39 is 5.97 Å². The van der Waals surface area contributed by atoms with Gasteiger partial charge in [-0.2, -0.15) is 0 Å². The average Bonchev–Trinajstić information content (AvgIpc) is 2.91. The number of aliphatic carboxylic acids is 1. The van der Waals surface area contributed by atoms with E-state index in [1.807, 2.05) is 0 Å². The SMILES string of the molecule is CC(=O)COCCOCCNC(=O)COCCOCCNC(=O)CCCCCCCCCCCCCCC(=O)O. The fourth-order valence-corrected chi connectivity index (χ4v) is 3.81. The van der Waals surface area contributed by atoms with Crippen LogP contribution in [0.15, 0.2) is 0 Å². The van der Waals surface area contributed by atoms with Crippen molar-refractivity contribution in [1.29, 1.82) is 0 Å². The number of Topliss-reactive ketones (excluding diaryl/α,β-unsaturated/α-hetero) is 1. The van der Waals surface area contributed by atoms with E-state index in [9.17, 15) is 19.2 Å². The predicted molar refractivity (Wildman–Crippen MR) is 152 cm³/mol. The standard InChI is InChI=1S/C29H54N2O9/c1-26(32)24-39-22-20-38-19-17-31-28(34)25-40-23-21-37-18-16-30-27(33)14-12-10-8-6-4-2-3-5-7-9-11-13-15-29(35)36/h2-25H2,1H3,(H,30,33)(H,31,34)(H,35,36). The van der Waals surface area contributed by atoms with Crippen molar-refractivity contribution in [3.8, 4) is 0 Å². The molecule has 0 aliphatic carbocycles. The zero-order valence-corrected chi connectivity index (χ0v) is 24.7. The summed E-state index contributed by atoms with van der Waals surface area (Å²) >= 11 is 0. The minimum absolute atomic E-state index is 0.0309. The van der Waals surface area contributed by atoms with Gasteiger partial charge in [0, 0.05) is 25.9 Å². The first kappa shape index (κ1) is 37.9. The molecule has 2 amide bonds. The lowest BCUT2D eigenvalue weighted by atomic mass is 10.0. The number of carboxylic acids is 1. The number of carbonyl (C=O) groups excluding carboxylic acids is 3. The Morgan fingerprint density at radius 3 is 1.38 bits per heavy atom. The highest BCUT2D eigenvalue weighted by atomic mass is 16.5. The molecule has 3 N–H and O–H groups in total. The van der Waals surface area contributed by atoms with E-state index in [4.69, 9.17) is 24.1 Å². The smallest absolute Gasteiger partial charge is 0.303 e. The zero-order valence-electron chi connectivity index (χ0n) is 24.7. The van der Waals surface area contributed by atoms with Crippen molar-refractivity contribution in [2.45, 2.75) is 96.8 Å². The summed E-state index contributed by atoms with van der Waals surface area (Å²) in [7, 11) is 0. The van der Waals surface area contributed by atoms with Crippen LogP contribution in [0.5, 0.6) is 0 Å². The summed E-state index contributed by atoms with van der Waals surface area (Å²) < 4.78 is 21.0. The summed E-state index contributed by atoms with van der Waals surface area (Å²) in [5.41, 5.74) is 0. The number of hydrogen-bond donors (Lipinski definition) is 3. The normalized spacial score (nSPS) is 10.9. The van der Waals surface area contributed by atoms with Gasteiger partial charge in [0.2, 0.25) is 11.8 Å². The number of amides is 2. The lowest BCUT2D eigenvalue weighted by Gasteiger charge is -2.08. The number of ketones is 1. The van der Waals surface area contributed by atoms with Crippen LogP contribution in [0.2, 0.25) is 0 Å². The Morgan fingerprint density at radius 1 is 0.500 bits per heavy atom. The van der Waals surface area contributed by atoms with Gasteiger partial charge in [0.25, 0.3) is 0 Å². The molecule has 0 aromatic carbocycles. The second-order valence-corrected chi connectivity index (χ2v) is 9.87. The number of rotatable bonds is 31. The number of carbonyl (C=O) groups is 4. The molecule has 0 radical (unpaired) electrons. The van der Waals surface area contributed by atoms with E-state index in [2.05, 4.69) is 10.6 Å². The van der Waals surface area contributed by atoms with Gasteiger partial charge in [-0.3, -0.25) is 19.2 Å². The Labute approximate surface area is 240 Å². The summed E-state index contributed by atoms with van der Waals surface area (Å²) in [6.07, 6.45) is 14.3. The molecule has 0 rings (SSSR count). The maximum atomic E-state index is 11.9. The van der Waals surface area contributed by atoms with Crippen LogP contribution in [-0.2, 0) is 38.1 Å². The highest BCUT2D eigenvalue weighted by Gasteiger charge is 2.03. The molecule has 0 spiro atoms. The van der Waals surface area contributed by atoms with Crippen LogP contribution in [0.4, 0.5) is 0 Å². The van der Waals surface area contributed by atoms with Crippen molar-refractivity contribution in [3.05, 3.63) is 0 Å². The molecule has 0 aromatic rings. The Morgan fingerprint density at radius 2 is 0.900 bits per heavy atom. The molecule has 0 atom stereocenters. The van der Waals surface area contributed by atoms with E-state index in [1.165, 1.54) is 45.4 Å². The second kappa shape index (κ2) is 29.9. The van der Waals surface area contributed by atoms with Crippen molar-refractivity contribution in [1.82, 2.24) is 10.6 Å². The molecule has 11 heteroatoms. The van der Waals surface area contributed by atoms with Gasteiger partial charge in [0.15, 0.2) is 5.78 Å². The van der Waals surface area contributed by atoms with Crippen LogP contribution < -0.4 is 10.6 Å². The molecule has 0 aromatic heterocycles. The topological polar surface area (TPSA) is 149 Å². The van der Waals surface area contributed by atoms with Gasteiger partial charge in [-0.15, -0.1) is 0 Å². The Kier molecular flexibility index (Phi) is 28.3. The lowest BCUT2D eigenvalue weighted by Crippen LogP contribution is -2.31. The first-order valence-electron chi connectivity index (χ1n) is 15.0. The third kappa shape index (κ3) is 32.1. The first-order chi connectivity index (χ1) is 19.4. The quantitative estimate of drug-likeness (QED) is 0.106. The predicted octanol–water partition coefficient (Wildman–Crippen LogP) is 3.42. The van der Waals surface area contributed by atoms with Crippen LogP contribution in [0.25, 0.3) is 0 Å². The molecule has 0 unspecified atom stereocenters. The van der Waals surface area contributed by atoms with Crippen molar-refractivity contribution in [2.75, 3.05) is 65.9 Å².